The van der Waals surface area contributed by atoms with Crippen LogP contribution in [0.4, 0.5) is 16.2 Å². The molecule has 2 aliphatic rings. The van der Waals surface area contributed by atoms with Gasteiger partial charge >= 0.3 is 6.03 Å². The molecule has 6 nitrogen and oxygen atoms in total. The molecule has 1 atom stereocenters. The van der Waals surface area contributed by atoms with Crippen molar-refractivity contribution in [2.75, 3.05) is 30.4 Å². The summed E-state index contributed by atoms with van der Waals surface area (Å²) in [5.41, 5.74) is 1.71. The van der Waals surface area contributed by atoms with Crippen LogP contribution in [0.15, 0.2) is 54.6 Å². The third-order valence-corrected chi connectivity index (χ3v) is 6.46. The lowest BCUT2D eigenvalue weighted by atomic mass is 9.94. The maximum Gasteiger partial charge on any atom is 0.321 e. The number of benzene rings is 2. The Hall–Kier alpha value is -3.02. The Labute approximate surface area is 184 Å². The molecule has 4 rings (SSSR count). The van der Waals surface area contributed by atoms with Gasteiger partial charge in [-0.2, -0.15) is 0 Å². The standard InChI is InChI=1S/C25H31N3O3/c1-18(19-8-9-19)28(22-10-12-23(31-2)13-11-22)24(29)20-14-16-27(17-15-20)25(30)26-21-6-4-3-5-7-21/h3-7,10-13,18-20H,8-9,14-17H2,1-2H3,(H,26,30). The molecule has 1 heterocycles. The summed E-state index contributed by atoms with van der Waals surface area (Å²) in [5, 5.41) is 2.94. The van der Waals surface area contributed by atoms with Gasteiger partial charge in [-0.3, -0.25) is 4.79 Å². The predicted octanol–water partition coefficient (Wildman–Crippen LogP) is 4.77. The third-order valence-electron chi connectivity index (χ3n) is 6.46. The van der Waals surface area contributed by atoms with Gasteiger partial charge in [-0.1, -0.05) is 18.2 Å². The molecular formula is C25H31N3O3. The molecule has 1 unspecified atom stereocenters. The van der Waals surface area contributed by atoms with Gasteiger partial charge in [-0.15, -0.1) is 0 Å². The number of anilines is 2. The number of hydrogen-bond acceptors (Lipinski definition) is 3. The highest BCUT2D eigenvalue weighted by molar-refractivity contribution is 5.96. The molecule has 3 amide bonds. The quantitative estimate of drug-likeness (QED) is 0.731. The average Bonchev–Trinajstić information content (AvgIpc) is 3.66. The van der Waals surface area contributed by atoms with E-state index in [2.05, 4.69) is 12.2 Å². The van der Waals surface area contributed by atoms with Crippen molar-refractivity contribution in [2.45, 2.75) is 38.6 Å². The van der Waals surface area contributed by atoms with Gasteiger partial charge in [0.15, 0.2) is 0 Å². The molecule has 0 radical (unpaired) electrons. The molecule has 164 valence electrons. The highest BCUT2D eigenvalue weighted by Gasteiger charge is 2.38. The van der Waals surface area contributed by atoms with E-state index >= 15 is 0 Å². The molecule has 1 aliphatic heterocycles. The molecule has 0 spiro atoms. The summed E-state index contributed by atoms with van der Waals surface area (Å²) in [6.45, 7) is 3.33. The van der Waals surface area contributed by atoms with Gasteiger partial charge in [-0.05, 0) is 74.9 Å². The van der Waals surface area contributed by atoms with Crippen LogP contribution in [0.2, 0.25) is 0 Å². The smallest absolute Gasteiger partial charge is 0.321 e. The monoisotopic (exact) mass is 421 g/mol. The SMILES string of the molecule is COc1ccc(N(C(=O)C2CCN(C(=O)Nc3ccccc3)CC2)C(C)C2CC2)cc1. The number of methoxy groups -OCH3 is 1. The number of likely N-dealkylation sites (tertiary alicyclic amines) is 1. The second-order valence-electron chi connectivity index (χ2n) is 8.54. The molecule has 0 aromatic heterocycles. The van der Waals surface area contributed by atoms with Crippen molar-refractivity contribution in [3.05, 3.63) is 54.6 Å². The second-order valence-corrected chi connectivity index (χ2v) is 8.54. The average molecular weight is 422 g/mol. The third kappa shape index (κ3) is 5.01. The molecule has 31 heavy (non-hydrogen) atoms. The van der Waals surface area contributed by atoms with Crippen molar-refractivity contribution < 1.29 is 14.3 Å². The second kappa shape index (κ2) is 9.41. The number of piperidine rings is 1. The van der Waals surface area contributed by atoms with Crippen LogP contribution in [0.25, 0.3) is 0 Å². The topological polar surface area (TPSA) is 61.9 Å². The Morgan fingerprint density at radius 2 is 1.65 bits per heavy atom. The van der Waals surface area contributed by atoms with Crippen LogP contribution in [0.5, 0.6) is 5.75 Å². The van der Waals surface area contributed by atoms with E-state index in [1.54, 1.807) is 12.0 Å². The fourth-order valence-electron chi connectivity index (χ4n) is 4.35. The molecule has 2 aromatic carbocycles. The van der Waals surface area contributed by atoms with Crippen LogP contribution in [0.1, 0.15) is 32.6 Å². The van der Waals surface area contributed by atoms with Crippen molar-refractivity contribution >= 4 is 23.3 Å². The first-order chi connectivity index (χ1) is 15.1. The van der Waals surface area contributed by atoms with Gasteiger partial charge in [0.25, 0.3) is 0 Å². The predicted molar refractivity (Wildman–Crippen MR) is 122 cm³/mol. The van der Waals surface area contributed by atoms with Crippen molar-refractivity contribution in [2.24, 2.45) is 11.8 Å². The summed E-state index contributed by atoms with van der Waals surface area (Å²) in [4.78, 5) is 29.9. The van der Waals surface area contributed by atoms with E-state index in [4.69, 9.17) is 4.74 Å². The summed E-state index contributed by atoms with van der Waals surface area (Å²) in [5.74, 6) is 1.47. The first-order valence-corrected chi connectivity index (χ1v) is 11.1. The van der Waals surface area contributed by atoms with Crippen LogP contribution >= 0.6 is 0 Å². The van der Waals surface area contributed by atoms with Gasteiger partial charge < -0.3 is 19.9 Å². The summed E-state index contributed by atoms with van der Waals surface area (Å²) in [6.07, 6.45) is 3.73. The minimum Gasteiger partial charge on any atom is -0.497 e. The number of nitrogens with zero attached hydrogens (tertiary/aromatic N) is 2. The molecule has 6 heteroatoms. The highest BCUT2D eigenvalue weighted by Crippen LogP contribution is 2.38. The van der Waals surface area contributed by atoms with Gasteiger partial charge in [0.05, 0.1) is 7.11 Å². The molecule has 1 N–H and O–H groups in total. The summed E-state index contributed by atoms with van der Waals surface area (Å²) >= 11 is 0. The van der Waals surface area contributed by atoms with E-state index in [0.717, 1.165) is 17.1 Å². The van der Waals surface area contributed by atoms with Crippen molar-refractivity contribution in [3.63, 3.8) is 0 Å². The fourth-order valence-corrected chi connectivity index (χ4v) is 4.35. The maximum absolute atomic E-state index is 13.6. The van der Waals surface area contributed by atoms with Gasteiger partial charge in [0.2, 0.25) is 5.91 Å². The van der Waals surface area contributed by atoms with Gasteiger partial charge in [0.1, 0.15) is 5.75 Å². The van der Waals surface area contributed by atoms with Crippen LogP contribution in [0, 0.1) is 11.8 Å². The van der Waals surface area contributed by atoms with E-state index in [-0.39, 0.29) is 23.9 Å². The van der Waals surface area contributed by atoms with Gasteiger partial charge in [-0.25, -0.2) is 4.79 Å². The number of carbonyl (C=O) groups excluding carboxylic acids is 2. The molecule has 1 aliphatic carbocycles. The zero-order valence-corrected chi connectivity index (χ0v) is 18.3. The van der Waals surface area contributed by atoms with Gasteiger partial charge in [0, 0.05) is 36.4 Å². The Bertz CT molecular complexity index is 888. The lowest BCUT2D eigenvalue weighted by Crippen LogP contribution is -2.48. The minimum atomic E-state index is -0.101. The number of urea groups is 1. The summed E-state index contributed by atoms with van der Waals surface area (Å²) in [6, 6.07) is 17.3. The number of hydrogen-bond donors (Lipinski definition) is 1. The number of amides is 3. The molecule has 1 saturated heterocycles. The zero-order valence-electron chi connectivity index (χ0n) is 18.3. The molecule has 0 bridgehead atoms. The van der Waals surface area contributed by atoms with Crippen LogP contribution in [-0.2, 0) is 4.79 Å². The molecule has 2 aromatic rings. The lowest BCUT2D eigenvalue weighted by Gasteiger charge is -2.37. The Morgan fingerprint density at radius 1 is 1.00 bits per heavy atom. The molecular weight excluding hydrogens is 390 g/mol. The van der Waals surface area contributed by atoms with E-state index in [9.17, 15) is 9.59 Å². The van der Waals surface area contributed by atoms with Crippen molar-refractivity contribution in [1.29, 1.82) is 0 Å². The number of nitrogens with one attached hydrogen (secondary N) is 1. The number of carbonyl (C=O) groups is 2. The van der Waals surface area contributed by atoms with E-state index in [1.807, 2.05) is 59.5 Å². The normalized spacial score (nSPS) is 17.7. The van der Waals surface area contributed by atoms with Crippen LogP contribution in [0.3, 0.4) is 0 Å². The van der Waals surface area contributed by atoms with Crippen molar-refractivity contribution in [3.8, 4) is 5.75 Å². The van der Waals surface area contributed by atoms with E-state index < -0.39 is 0 Å². The lowest BCUT2D eigenvalue weighted by molar-refractivity contribution is -0.124. The van der Waals surface area contributed by atoms with E-state index in [1.165, 1.54) is 12.8 Å². The highest BCUT2D eigenvalue weighted by atomic mass is 16.5. The first-order valence-electron chi connectivity index (χ1n) is 11.1. The fraction of sp³-hybridized carbons (Fsp3) is 0.440. The number of para-hydroxylation sites is 1. The van der Waals surface area contributed by atoms with Crippen molar-refractivity contribution in [1.82, 2.24) is 4.90 Å². The van der Waals surface area contributed by atoms with Crippen LogP contribution < -0.4 is 15.0 Å². The number of ether oxygens (including phenoxy) is 1. The van der Waals surface area contributed by atoms with E-state index in [0.29, 0.717) is 31.8 Å². The maximum atomic E-state index is 13.6. The molecule has 1 saturated carbocycles. The summed E-state index contributed by atoms with van der Waals surface area (Å²) < 4.78 is 5.28. The Morgan fingerprint density at radius 3 is 2.23 bits per heavy atom. The zero-order chi connectivity index (χ0) is 21.8. The minimum absolute atomic E-state index is 0.0657. The summed E-state index contributed by atoms with van der Waals surface area (Å²) in [7, 11) is 1.65. The number of rotatable bonds is 6. The Kier molecular flexibility index (Phi) is 6.44. The first kappa shape index (κ1) is 21.2. The largest absolute Gasteiger partial charge is 0.497 e. The van der Waals surface area contributed by atoms with Crippen LogP contribution in [-0.4, -0.2) is 43.1 Å². The Balaban J connectivity index is 1.40. The molecule has 2 fully saturated rings.